The molecule has 72 valence electrons. The first kappa shape index (κ1) is 9.63. The van der Waals surface area contributed by atoms with E-state index in [1.165, 1.54) is 0 Å². The van der Waals surface area contributed by atoms with Crippen LogP contribution in [0.3, 0.4) is 0 Å². The zero-order valence-electron chi connectivity index (χ0n) is 6.59. The third-order valence-electron chi connectivity index (χ3n) is 1.53. The average molecular weight is 193 g/mol. The van der Waals surface area contributed by atoms with Crippen LogP contribution in [0.2, 0.25) is 0 Å². The largest absolute Gasteiger partial charge is 0.503 e. The number of aromatic nitrogens is 1. The number of alkyl halides is 3. The van der Waals surface area contributed by atoms with E-state index in [1.54, 1.807) is 0 Å². The lowest BCUT2D eigenvalue weighted by atomic mass is 10.3. The van der Waals surface area contributed by atoms with Gasteiger partial charge in [-0.2, -0.15) is 13.2 Å². The Balaban J connectivity index is 3.52. The summed E-state index contributed by atoms with van der Waals surface area (Å²) in [5.74, 6) is -1.27. The molecule has 0 spiro atoms. The van der Waals surface area contributed by atoms with E-state index >= 15 is 0 Å². The second-order valence-corrected chi connectivity index (χ2v) is 2.49. The Labute approximate surface area is 71.0 Å². The van der Waals surface area contributed by atoms with Crippen LogP contribution in [0.1, 0.15) is 5.69 Å². The summed E-state index contributed by atoms with van der Waals surface area (Å²) in [7, 11) is 1.10. The van der Waals surface area contributed by atoms with Gasteiger partial charge in [0.25, 0.3) is 0 Å². The number of aromatic hydroxyl groups is 1. The van der Waals surface area contributed by atoms with E-state index in [-0.39, 0.29) is 0 Å². The Kier molecular flexibility index (Phi) is 2.07. The predicted octanol–water partition coefficient (Wildman–Crippen LogP) is 1.11. The molecule has 0 saturated heterocycles. The lowest BCUT2D eigenvalue weighted by Gasteiger charge is -2.12. The topological polar surface area (TPSA) is 42.2 Å². The molecule has 0 aromatic carbocycles. The highest BCUT2D eigenvalue weighted by Crippen LogP contribution is 2.32. The fourth-order valence-electron chi connectivity index (χ4n) is 0.951. The first-order chi connectivity index (χ1) is 5.84. The second-order valence-electron chi connectivity index (χ2n) is 2.49. The van der Waals surface area contributed by atoms with E-state index in [1.807, 2.05) is 0 Å². The van der Waals surface area contributed by atoms with Gasteiger partial charge in [-0.1, -0.05) is 0 Å². The fourth-order valence-corrected chi connectivity index (χ4v) is 0.951. The minimum atomic E-state index is -4.72. The molecule has 1 aromatic heterocycles. The zero-order valence-corrected chi connectivity index (χ0v) is 6.59. The first-order valence-corrected chi connectivity index (χ1v) is 3.30. The molecule has 1 heterocycles. The molecule has 0 aliphatic carbocycles. The first-order valence-electron chi connectivity index (χ1n) is 3.30. The standard InChI is InChI=1S/C7H6F3NO2/c1-11-3-2-4(12)5(13)6(11)7(8,9)10/h2-3,13H,1H3. The van der Waals surface area contributed by atoms with Crippen molar-refractivity contribution in [1.29, 1.82) is 0 Å². The summed E-state index contributed by atoms with van der Waals surface area (Å²) in [6.45, 7) is 0. The molecule has 0 saturated carbocycles. The molecule has 0 atom stereocenters. The van der Waals surface area contributed by atoms with Gasteiger partial charge in [-0.25, -0.2) is 0 Å². The van der Waals surface area contributed by atoms with Gasteiger partial charge in [0, 0.05) is 19.3 Å². The van der Waals surface area contributed by atoms with Crippen molar-refractivity contribution in [3.05, 3.63) is 28.2 Å². The van der Waals surface area contributed by atoms with E-state index in [0.29, 0.717) is 4.57 Å². The number of hydrogen-bond acceptors (Lipinski definition) is 2. The molecule has 0 amide bonds. The molecule has 0 radical (unpaired) electrons. The van der Waals surface area contributed by atoms with Gasteiger partial charge < -0.3 is 9.67 Å². The Morgan fingerprint density at radius 3 is 2.38 bits per heavy atom. The third kappa shape index (κ3) is 1.66. The molecule has 1 aromatic rings. The number of rotatable bonds is 0. The van der Waals surface area contributed by atoms with Gasteiger partial charge in [0.2, 0.25) is 5.43 Å². The highest BCUT2D eigenvalue weighted by Gasteiger charge is 2.37. The highest BCUT2D eigenvalue weighted by molar-refractivity contribution is 5.28. The minimum Gasteiger partial charge on any atom is -0.503 e. The van der Waals surface area contributed by atoms with Crippen LogP contribution in [0.5, 0.6) is 5.75 Å². The van der Waals surface area contributed by atoms with Crippen LogP contribution in [0.15, 0.2) is 17.1 Å². The summed E-state index contributed by atoms with van der Waals surface area (Å²) in [5.41, 5.74) is -2.37. The maximum Gasteiger partial charge on any atom is 0.435 e. The third-order valence-corrected chi connectivity index (χ3v) is 1.53. The summed E-state index contributed by atoms with van der Waals surface area (Å²) in [6, 6.07) is 0.866. The smallest absolute Gasteiger partial charge is 0.435 e. The van der Waals surface area contributed by atoms with Crippen LogP contribution in [-0.4, -0.2) is 9.67 Å². The molecule has 0 aliphatic rings. The molecular formula is C7H6F3NO2. The van der Waals surface area contributed by atoms with E-state index in [2.05, 4.69) is 0 Å². The Morgan fingerprint density at radius 1 is 1.46 bits per heavy atom. The maximum atomic E-state index is 12.2. The van der Waals surface area contributed by atoms with E-state index < -0.39 is 23.0 Å². The van der Waals surface area contributed by atoms with Gasteiger partial charge in [-0.3, -0.25) is 4.79 Å². The van der Waals surface area contributed by atoms with Crippen LogP contribution in [0.4, 0.5) is 13.2 Å². The Hall–Kier alpha value is -1.46. The summed E-state index contributed by atoms with van der Waals surface area (Å²) < 4.78 is 37.2. The lowest BCUT2D eigenvalue weighted by molar-refractivity contribution is -0.144. The van der Waals surface area contributed by atoms with Gasteiger partial charge in [-0.05, 0) is 0 Å². The molecule has 3 nitrogen and oxygen atoms in total. The normalized spacial score (nSPS) is 11.7. The number of aryl methyl sites for hydroxylation is 1. The van der Waals surface area contributed by atoms with Gasteiger partial charge in [0.15, 0.2) is 11.4 Å². The molecule has 6 heteroatoms. The number of nitrogens with zero attached hydrogens (tertiary/aromatic N) is 1. The quantitative estimate of drug-likeness (QED) is 0.670. The summed E-state index contributed by atoms with van der Waals surface area (Å²) in [4.78, 5) is 10.7. The molecule has 0 bridgehead atoms. The Morgan fingerprint density at radius 2 is 2.00 bits per heavy atom. The number of pyridine rings is 1. The summed E-state index contributed by atoms with van der Waals surface area (Å²) in [5, 5.41) is 8.86. The number of halogens is 3. The molecule has 13 heavy (non-hydrogen) atoms. The van der Waals surface area contributed by atoms with Gasteiger partial charge in [0.05, 0.1) is 0 Å². The van der Waals surface area contributed by atoms with Crippen LogP contribution < -0.4 is 5.43 Å². The van der Waals surface area contributed by atoms with Crippen molar-refractivity contribution in [1.82, 2.24) is 4.57 Å². The lowest BCUT2D eigenvalue weighted by Crippen LogP contribution is -2.18. The molecule has 1 rings (SSSR count). The summed E-state index contributed by atoms with van der Waals surface area (Å²) >= 11 is 0. The second kappa shape index (κ2) is 2.79. The maximum absolute atomic E-state index is 12.2. The molecule has 0 unspecified atom stereocenters. The molecule has 0 fully saturated rings. The molecule has 1 N–H and O–H groups in total. The summed E-state index contributed by atoms with van der Waals surface area (Å²) in [6.07, 6.45) is -3.77. The predicted molar refractivity (Wildman–Crippen MR) is 38.3 cm³/mol. The van der Waals surface area contributed by atoms with Crippen molar-refractivity contribution in [2.24, 2.45) is 7.05 Å². The van der Waals surface area contributed by atoms with Gasteiger partial charge in [-0.15, -0.1) is 0 Å². The highest BCUT2D eigenvalue weighted by atomic mass is 19.4. The van der Waals surface area contributed by atoms with Gasteiger partial charge in [0.1, 0.15) is 0 Å². The van der Waals surface area contributed by atoms with Crippen molar-refractivity contribution in [3.63, 3.8) is 0 Å². The zero-order chi connectivity index (χ0) is 10.2. The van der Waals surface area contributed by atoms with E-state index in [4.69, 9.17) is 5.11 Å². The molecular weight excluding hydrogens is 187 g/mol. The van der Waals surface area contributed by atoms with Crippen LogP contribution in [0.25, 0.3) is 0 Å². The van der Waals surface area contributed by atoms with Crippen LogP contribution in [-0.2, 0) is 13.2 Å². The van der Waals surface area contributed by atoms with Crippen LogP contribution >= 0.6 is 0 Å². The fraction of sp³-hybridized carbons (Fsp3) is 0.286. The van der Waals surface area contributed by atoms with E-state index in [0.717, 1.165) is 19.3 Å². The minimum absolute atomic E-state index is 0.650. The van der Waals surface area contributed by atoms with Crippen LogP contribution in [0, 0.1) is 0 Å². The average Bonchev–Trinajstić information content (AvgIpc) is 1.95. The monoisotopic (exact) mass is 193 g/mol. The molecule has 0 aliphatic heterocycles. The number of hydrogen-bond donors (Lipinski definition) is 1. The van der Waals surface area contributed by atoms with Crippen molar-refractivity contribution >= 4 is 0 Å². The Bertz CT molecular complexity index is 380. The van der Waals surface area contributed by atoms with E-state index in [9.17, 15) is 18.0 Å². The van der Waals surface area contributed by atoms with Crippen molar-refractivity contribution in [2.45, 2.75) is 6.18 Å². The van der Waals surface area contributed by atoms with Crippen molar-refractivity contribution in [3.8, 4) is 5.75 Å². The van der Waals surface area contributed by atoms with Crippen molar-refractivity contribution in [2.75, 3.05) is 0 Å². The SMILES string of the molecule is Cn1ccc(=O)c(O)c1C(F)(F)F. The van der Waals surface area contributed by atoms with Gasteiger partial charge >= 0.3 is 6.18 Å². The van der Waals surface area contributed by atoms with Crippen molar-refractivity contribution < 1.29 is 18.3 Å².